The third kappa shape index (κ3) is 4.69. The van der Waals surface area contributed by atoms with E-state index in [4.69, 9.17) is 9.47 Å². The first-order valence-corrected chi connectivity index (χ1v) is 11.0. The molecule has 2 fully saturated rings. The molecule has 1 aromatic carbocycles. The number of anilines is 2. The monoisotopic (exact) mass is 420 g/mol. The van der Waals surface area contributed by atoms with E-state index < -0.39 is 0 Å². The Balaban J connectivity index is 1.27. The van der Waals surface area contributed by atoms with Crippen LogP contribution in [0.15, 0.2) is 36.9 Å². The topological polar surface area (TPSA) is 85.3 Å². The Morgan fingerprint density at radius 3 is 2.55 bits per heavy atom. The Morgan fingerprint density at radius 2 is 1.77 bits per heavy atom. The first-order chi connectivity index (χ1) is 15.2. The molecule has 2 aromatic heterocycles. The summed E-state index contributed by atoms with van der Waals surface area (Å²) in [4.78, 5) is 20.1. The minimum atomic E-state index is 0.173. The molecule has 1 N–H and O–H groups in total. The van der Waals surface area contributed by atoms with Crippen molar-refractivity contribution >= 4 is 22.5 Å². The van der Waals surface area contributed by atoms with Crippen LogP contribution in [0, 0.1) is 6.92 Å². The molecule has 3 aromatic rings. The van der Waals surface area contributed by atoms with Crippen LogP contribution in [-0.4, -0.2) is 58.4 Å². The summed E-state index contributed by atoms with van der Waals surface area (Å²) in [6, 6.07) is 4.62. The van der Waals surface area contributed by atoms with Gasteiger partial charge in [-0.2, -0.15) is 0 Å². The van der Waals surface area contributed by atoms with Crippen molar-refractivity contribution < 1.29 is 9.47 Å². The summed E-state index contributed by atoms with van der Waals surface area (Å²) >= 11 is 0. The lowest BCUT2D eigenvalue weighted by Gasteiger charge is -2.31. The van der Waals surface area contributed by atoms with Crippen molar-refractivity contribution in [2.24, 2.45) is 0 Å². The van der Waals surface area contributed by atoms with Gasteiger partial charge in [0.1, 0.15) is 17.1 Å². The zero-order valence-corrected chi connectivity index (χ0v) is 17.8. The fourth-order valence-electron chi connectivity index (χ4n) is 4.30. The smallest absolute Gasteiger partial charge is 0.149 e. The Labute approximate surface area is 182 Å². The molecular formula is C23H28N6O2. The predicted molar refractivity (Wildman–Crippen MR) is 120 cm³/mol. The van der Waals surface area contributed by atoms with Crippen LogP contribution in [0.4, 0.5) is 11.5 Å². The van der Waals surface area contributed by atoms with Gasteiger partial charge in [-0.05, 0) is 38.7 Å². The molecule has 8 heteroatoms. The standard InChI is InChI=1S/C23H28N6O2/c1-16-14-27-22(15-26-16)28-17-2-4-19(5-3-17)31-21-13-18(29-8-10-30-11-9-29)12-20-23(21)25-7-6-24-20/h6-7,12-15,17,19H,2-5,8-11H2,1H3,(H,27,28). The van der Waals surface area contributed by atoms with Crippen LogP contribution in [0.25, 0.3) is 11.0 Å². The molecule has 1 saturated carbocycles. The summed E-state index contributed by atoms with van der Waals surface area (Å²) in [5.74, 6) is 1.67. The highest BCUT2D eigenvalue weighted by Crippen LogP contribution is 2.33. The molecule has 31 heavy (non-hydrogen) atoms. The van der Waals surface area contributed by atoms with E-state index in [1.165, 1.54) is 0 Å². The number of hydrogen-bond donors (Lipinski definition) is 1. The second-order valence-corrected chi connectivity index (χ2v) is 8.25. The fourth-order valence-corrected chi connectivity index (χ4v) is 4.30. The highest BCUT2D eigenvalue weighted by atomic mass is 16.5. The third-order valence-electron chi connectivity index (χ3n) is 6.00. The van der Waals surface area contributed by atoms with Crippen LogP contribution in [0.5, 0.6) is 5.75 Å². The molecule has 8 nitrogen and oxygen atoms in total. The maximum atomic E-state index is 6.50. The number of hydrogen-bond acceptors (Lipinski definition) is 8. The van der Waals surface area contributed by atoms with Gasteiger partial charge in [0.15, 0.2) is 0 Å². The Bertz CT molecular complexity index is 1010. The molecule has 0 radical (unpaired) electrons. The lowest BCUT2D eigenvalue weighted by Crippen LogP contribution is -2.36. The summed E-state index contributed by atoms with van der Waals surface area (Å²) < 4.78 is 12.0. The SMILES string of the molecule is Cc1cnc(NC2CCC(Oc3cc(N4CCOCC4)cc4nccnc34)CC2)cn1. The number of aromatic nitrogens is 4. The van der Waals surface area contributed by atoms with E-state index in [2.05, 4.69) is 42.3 Å². The molecule has 162 valence electrons. The second kappa shape index (κ2) is 9.01. The first-order valence-electron chi connectivity index (χ1n) is 11.0. The molecule has 5 rings (SSSR count). The van der Waals surface area contributed by atoms with Crippen molar-refractivity contribution in [2.45, 2.75) is 44.8 Å². The first kappa shape index (κ1) is 19.9. The van der Waals surface area contributed by atoms with Gasteiger partial charge in [-0.3, -0.25) is 9.97 Å². The lowest BCUT2D eigenvalue weighted by atomic mass is 9.93. The summed E-state index contributed by atoms with van der Waals surface area (Å²) in [7, 11) is 0. The van der Waals surface area contributed by atoms with E-state index in [0.29, 0.717) is 6.04 Å². The van der Waals surface area contributed by atoms with Crippen molar-refractivity contribution in [3.63, 3.8) is 0 Å². The summed E-state index contributed by atoms with van der Waals surface area (Å²) in [6.07, 6.45) is 11.3. The van der Waals surface area contributed by atoms with Gasteiger partial charge in [0.2, 0.25) is 0 Å². The minimum absolute atomic E-state index is 0.173. The summed E-state index contributed by atoms with van der Waals surface area (Å²) in [5.41, 5.74) is 3.75. The molecule has 0 atom stereocenters. The average molecular weight is 421 g/mol. The second-order valence-electron chi connectivity index (χ2n) is 8.25. The van der Waals surface area contributed by atoms with Gasteiger partial charge in [0.05, 0.1) is 42.9 Å². The molecule has 3 heterocycles. The van der Waals surface area contributed by atoms with Crippen LogP contribution in [0.1, 0.15) is 31.4 Å². The van der Waals surface area contributed by atoms with E-state index in [1.807, 2.05) is 6.92 Å². The van der Waals surface area contributed by atoms with Gasteiger partial charge in [-0.15, -0.1) is 0 Å². The maximum absolute atomic E-state index is 6.50. The number of fused-ring (bicyclic) bond motifs is 1. The largest absolute Gasteiger partial charge is 0.488 e. The van der Waals surface area contributed by atoms with Gasteiger partial charge < -0.3 is 19.7 Å². The van der Waals surface area contributed by atoms with Crippen molar-refractivity contribution in [1.29, 1.82) is 0 Å². The molecule has 2 aliphatic rings. The van der Waals surface area contributed by atoms with Crippen LogP contribution in [-0.2, 0) is 4.74 Å². The van der Waals surface area contributed by atoms with E-state index in [1.54, 1.807) is 24.8 Å². The van der Waals surface area contributed by atoms with Crippen LogP contribution < -0.4 is 15.0 Å². The van der Waals surface area contributed by atoms with Gasteiger partial charge in [0.25, 0.3) is 0 Å². The molecule has 0 bridgehead atoms. The van der Waals surface area contributed by atoms with Crippen molar-refractivity contribution in [1.82, 2.24) is 19.9 Å². The van der Waals surface area contributed by atoms with Crippen LogP contribution >= 0.6 is 0 Å². The molecular weight excluding hydrogens is 392 g/mol. The predicted octanol–water partition coefficient (Wildman–Crippen LogP) is 3.37. The van der Waals surface area contributed by atoms with Crippen LogP contribution in [0.3, 0.4) is 0 Å². The van der Waals surface area contributed by atoms with E-state index in [0.717, 1.165) is 86.0 Å². The normalized spacial score (nSPS) is 21.8. The minimum Gasteiger partial charge on any atom is -0.488 e. The van der Waals surface area contributed by atoms with Crippen molar-refractivity contribution in [3.8, 4) is 5.75 Å². The molecule has 0 amide bonds. The van der Waals surface area contributed by atoms with Gasteiger partial charge in [-0.25, -0.2) is 9.97 Å². The fraction of sp³-hybridized carbons (Fsp3) is 0.478. The number of nitrogens with one attached hydrogen (secondary N) is 1. The van der Waals surface area contributed by atoms with E-state index in [-0.39, 0.29) is 6.10 Å². The molecule has 0 unspecified atom stereocenters. The lowest BCUT2D eigenvalue weighted by molar-refractivity contribution is 0.122. The number of ether oxygens (including phenoxy) is 2. The highest BCUT2D eigenvalue weighted by Gasteiger charge is 2.24. The number of benzene rings is 1. The third-order valence-corrected chi connectivity index (χ3v) is 6.00. The van der Waals surface area contributed by atoms with Crippen molar-refractivity contribution in [3.05, 3.63) is 42.6 Å². The molecule has 0 spiro atoms. The zero-order chi connectivity index (χ0) is 21.0. The van der Waals surface area contributed by atoms with Gasteiger partial charge in [0, 0.05) is 43.3 Å². The summed E-state index contributed by atoms with van der Waals surface area (Å²) in [6.45, 7) is 5.20. The zero-order valence-electron chi connectivity index (χ0n) is 17.8. The molecule has 1 aliphatic heterocycles. The summed E-state index contributed by atoms with van der Waals surface area (Å²) in [5, 5.41) is 3.50. The quantitative estimate of drug-likeness (QED) is 0.673. The van der Waals surface area contributed by atoms with E-state index >= 15 is 0 Å². The molecule has 1 saturated heterocycles. The highest BCUT2D eigenvalue weighted by molar-refractivity contribution is 5.85. The molecule has 1 aliphatic carbocycles. The number of morpholine rings is 1. The average Bonchev–Trinajstić information content (AvgIpc) is 2.82. The Morgan fingerprint density at radius 1 is 0.968 bits per heavy atom. The Hall–Kier alpha value is -3.00. The van der Waals surface area contributed by atoms with Gasteiger partial charge in [-0.1, -0.05) is 0 Å². The van der Waals surface area contributed by atoms with Crippen LogP contribution in [0.2, 0.25) is 0 Å². The number of aryl methyl sites for hydroxylation is 1. The van der Waals surface area contributed by atoms with Crippen molar-refractivity contribution in [2.75, 3.05) is 36.5 Å². The number of nitrogens with zero attached hydrogens (tertiary/aromatic N) is 5. The van der Waals surface area contributed by atoms with Gasteiger partial charge >= 0.3 is 0 Å². The maximum Gasteiger partial charge on any atom is 0.149 e. The Kier molecular flexibility index (Phi) is 5.80. The number of rotatable bonds is 5. The van der Waals surface area contributed by atoms with E-state index in [9.17, 15) is 0 Å².